The van der Waals surface area contributed by atoms with Crippen molar-refractivity contribution in [2.75, 3.05) is 6.61 Å². The van der Waals surface area contributed by atoms with Crippen LogP contribution in [0, 0.1) is 0 Å². The predicted octanol–water partition coefficient (Wildman–Crippen LogP) is 2.31. The maximum atomic E-state index is 12.5. The van der Waals surface area contributed by atoms with Crippen LogP contribution in [0.5, 0.6) is 0 Å². The normalized spacial score (nSPS) is 12.6. The van der Waals surface area contributed by atoms with E-state index < -0.39 is 24.1 Å². The van der Waals surface area contributed by atoms with Crippen molar-refractivity contribution in [2.45, 2.75) is 45.8 Å². The van der Waals surface area contributed by atoms with Gasteiger partial charge in [0.15, 0.2) is 5.69 Å². The Morgan fingerprint density at radius 2 is 1.89 bits per heavy atom. The molecule has 0 N–H and O–H groups in total. The minimum Gasteiger partial charge on any atom is -0.461 e. The third-order valence-electron chi connectivity index (χ3n) is 2.24. The molecule has 19 heavy (non-hydrogen) atoms. The fourth-order valence-corrected chi connectivity index (χ4v) is 1.67. The summed E-state index contributed by atoms with van der Waals surface area (Å²) in [6, 6.07) is 0. The van der Waals surface area contributed by atoms with Gasteiger partial charge in [0.05, 0.1) is 12.3 Å². The van der Waals surface area contributed by atoms with E-state index in [1.807, 2.05) is 0 Å². The highest BCUT2D eigenvalue weighted by Gasteiger charge is 2.35. The smallest absolute Gasteiger partial charge is 0.408 e. The molecule has 0 atom stereocenters. The van der Waals surface area contributed by atoms with Crippen LogP contribution in [0.15, 0.2) is 0 Å². The number of ether oxygens (including phenoxy) is 1. The topological polar surface area (TPSA) is 57.0 Å². The van der Waals surface area contributed by atoms with Crippen LogP contribution in [0.3, 0.4) is 0 Å². The molecule has 0 aliphatic rings. The van der Waals surface area contributed by atoms with E-state index in [4.69, 9.17) is 4.74 Å². The minimum atomic E-state index is -4.43. The van der Waals surface area contributed by atoms with Crippen LogP contribution in [0.4, 0.5) is 13.2 Å². The Morgan fingerprint density at radius 3 is 2.32 bits per heavy atom. The molecule has 0 unspecified atom stereocenters. The molecule has 0 saturated heterocycles. The van der Waals surface area contributed by atoms with Gasteiger partial charge >= 0.3 is 12.1 Å². The first-order chi connectivity index (χ1) is 8.56. The number of halogens is 3. The van der Waals surface area contributed by atoms with E-state index in [2.05, 4.69) is 10.3 Å². The second-order valence-corrected chi connectivity index (χ2v) is 5.03. The standard InChI is InChI=1S/C11H16F3N3O2/c1-5-19-9(18)7-8(10(2,3)4)17(16-15-7)6-11(12,13)14/h5-6H2,1-4H3. The average Bonchev–Trinajstić information content (AvgIpc) is 2.58. The molecule has 0 radical (unpaired) electrons. The highest BCUT2D eigenvalue weighted by atomic mass is 19.4. The van der Waals surface area contributed by atoms with Crippen molar-refractivity contribution < 1.29 is 22.7 Å². The van der Waals surface area contributed by atoms with Gasteiger partial charge in [0.1, 0.15) is 6.54 Å². The number of hydrogen-bond donors (Lipinski definition) is 0. The third kappa shape index (κ3) is 3.93. The molecule has 1 heterocycles. The summed E-state index contributed by atoms with van der Waals surface area (Å²) in [6.07, 6.45) is -4.43. The predicted molar refractivity (Wildman–Crippen MR) is 60.7 cm³/mol. The van der Waals surface area contributed by atoms with Crippen molar-refractivity contribution in [2.24, 2.45) is 0 Å². The molecular formula is C11H16F3N3O2. The Balaban J connectivity index is 3.24. The molecule has 5 nitrogen and oxygen atoms in total. The van der Waals surface area contributed by atoms with E-state index in [0.29, 0.717) is 4.68 Å². The number of hydrogen-bond acceptors (Lipinski definition) is 4. The summed E-state index contributed by atoms with van der Waals surface area (Å²) in [7, 11) is 0. The molecule has 0 aromatic carbocycles. The molecule has 8 heteroatoms. The zero-order valence-corrected chi connectivity index (χ0v) is 11.2. The van der Waals surface area contributed by atoms with E-state index in [-0.39, 0.29) is 18.0 Å². The first-order valence-corrected chi connectivity index (χ1v) is 5.74. The summed E-state index contributed by atoms with van der Waals surface area (Å²) < 4.78 is 42.9. The van der Waals surface area contributed by atoms with Crippen molar-refractivity contribution >= 4 is 5.97 Å². The van der Waals surface area contributed by atoms with Gasteiger partial charge in [-0.1, -0.05) is 26.0 Å². The minimum absolute atomic E-state index is 0.114. The van der Waals surface area contributed by atoms with E-state index in [1.54, 1.807) is 27.7 Å². The van der Waals surface area contributed by atoms with E-state index in [1.165, 1.54) is 0 Å². The first-order valence-electron chi connectivity index (χ1n) is 5.74. The van der Waals surface area contributed by atoms with Crippen LogP contribution in [-0.4, -0.2) is 33.7 Å². The van der Waals surface area contributed by atoms with Crippen LogP contribution >= 0.6 is 0 Å². The number of carbonyl (C=O) groups is 1. The van der Waals surface area contributed by atoms with Gasteiger partial charge in [0.2, 0.25) is 0 Å². The summed E-state index contributed by atoms with van der Waals surface area (Å²) in [5, 5.41) is 6.94. The van der Waals surface area contributed by atoms with E-state index >= 15 is 0 Å². The van der Waals surface area contributed by atoms with E-state index in [9.17, 15) is 18.0 Å². The van der Waals surface area contributed by atoms with Crippen LogP contribution in [-0.2, 0) is 16.7 Å². The molecule has 1 aromatic heterocycles. The van der Waals surface area contributed by atoms with Gasteiger partial charge in [0.25, 0.3) is 0 Å². The Labute approximate surface area is 108 Å². The summed E-state index contributed by atoms with van der Waals surface area (Å²) in [6.45, 7) is 5.49. The quantitative estimate of drug-likeness (QED) is 0.797. The molecule has 0 aliphatic heterocycles. The van der Waals surface area contributed by atoms with Gasteiger partial charge < -0.3 is 4.74 Å². The second kappa shape index (κ2) is 5.18. The number of nitrogens with zero attached hydrogens (tertiary/aromatic N) is 3. The molecule has 0 fully saturated rings. The van der Waals surface area contributed by atoms with Gasteiger partial charge in [-0.05, 0) is 6.92 Å². The lowest BCUT2D eigenvalue weighted by atomic mass is 9.90. The summed E-state index contributed by atoms with van der Waals surface area (Å²) >= 11 is 0. The summed E-state index contributed by atoms with van der Waals surface area (Å²) in [4.78, 5) is 11.7. The number of esters is 1. The van der Waals surface area contributed by atoms with Crippen LogP contribution in [0.2, 0.25) is 0 Å². The molecule has 0 bridgehead atoms. The molecule has 0 aliphatic carbocycles. The highest BCUT2D eigenvalue weighted by Crippen LogP contribution is 2.27. The first kappa shape index (κ1) is 15.5. The number of carbonyl (C=O) groups excluding carboxylic acids is 1. The van der Waals surface area contributed by atoms with Crippen molar-refractivity contribution in [1.82, 2.24) is 15.0 Å². The highest BCUT2D eigenvalue weighted by molar-refractivity contribution is 5.88. The monoisotopic (exact) mass is 279 g/mol. The Morgan fingerprint density at radius 1 is 1.32 bits per heavy atom. The fourth-order valence-electron chi connectivity index (χ4n) is 1.67. The van der Waals surface area contributed by atoms with Crippen molar-refractivity contribution in [3.63, 3.8) is 0 Å². The largest absolute Gasteiger partial charge is 0.461 e. The van der Waals surface area contributed by atoms with Gasteiger partial charge in [-0.15, -0.1) is 5.10 Å². The second-order valence-electron chi connectivity index (χ2n) is 5.03. The van der Waals surface area contributed by atoms with Gasteiger partial charge in [-0.3, -0.25) is 0 Å². The fraction of sp³-hybridized carbons (Fsp3) is 0.727. The maximum absolute atomic E-state index is 12.5. The zero-order valence-electron chi connectivity index (χ0n) is 11.2. The molecule has 0 spiro atoms. The lowest BCUT2D eigenvalue weighted by Crippen LogP contribution is -2.27. The average molecular weight is 279 g/mol. The molecule has 108 valence electrons. The van der Waals surface area contributed by atoms with Crippen molar-refractivity contribution in [3.05, 3.63) is 11.4 Å². The SMILES string of the molecule is CCOC(=O)c1nnn(CC(F)(F)F)c1C(C)(C)C. The van der Waals surface area contributed by atoms with Gasteiger partial charge in [-0.25, -0.2) is 9.48 Å². The number of alkyl halides is 3. The zero-order chi connectivity index (χ0) is 14.8. The Bertz CT molecular complexity index is 461. The summed E-state index contributed by atoms with van der Waals surface area (Å²) in [5.41, 5.74) is -0.765. The Kier molecular flexibility index (Phi) is 4.21. The number of aromatic nitrogens is 3. The van der Waals surface area contributed by atoms with Crippen LogP contribution in [0.1, 0.15) is 43.9 Å². The molecule has 1 aromatic rings. The van der Waals surface area contributed by atoms with Gasteiger partial charge in [0, 0.05) is 5.41 Å². The number of rotatable bonds is 3. The molecule has 1 rings (SSSR count). The van der Waals surface area contributed by atoms with E-state index in [0.717, 1.165) is 0 Å². The van der Waals surface area contributed by atoms with Crippen molar-refractivity contribution in [3.8, 4) is 0 Å². The lowest BCUT2D eigenvalue weighted by molar-refractivity contribution is -0.143. The molecule has 0 saturated carbocycles. The van der Waals surface area contributed by atoms with Crippen LogP contribution < -0.4 is 0 Å². The molecule has 0 amide bonds. The van der Waals surface area contributed by atoms with Crippen molar-refractivity contribution in [1.29, 1.82) is 0 Å². The van der Waals surface area contributed by atoms with Gasteiger partial charge in [-0.2, -0.15) is 13.2 Å². The lowest BCUT2D eigenvalue weighted by Gasteiger charge is -2.21. The Hall–Kier alpha value is -1.60. The molecular weight excluding hydrogens is 263 g/mol. The van der Waals surface area contributed by atoms with Crippen LogP contribution in [0.25, 0.3) is 0 Å². The summed E-state index contributed by atoms with van der Waals surface area (Å²) in [5.74, 6) is -0.763. The maximum Gasteiger partial charge on any atom is 0.408 e. The third-order valence-corrected chi connectivity index (χ3v) is 2.24.